The van der Waals surface area contributed by atoms with Gasteiger partial charge in [0.05, 0.1) is 6.04 Å². The summed E-state index contributed by atoms with van der Waals surface area (Å²) in [4.78, 5) is 11.2. The number of likely N-dealkylation sites (N-methyl/N-ethyl adjacent to an activating group) is 1. The lowest BCUT2D eigenvalue weighted by Gasteiger charge is -2.30. The molecule has 1 atom stereocenters. The van der Waals surface area contributed by atoms with Gasteiger partial charge >= 0.3 is 0 Å². The Morgan fingerprint density at radius 3 is 2.38 bits per heavy atom. The predicted octanol–water partition coefficient (Wildman–Crippen LogP) is 3.60. The number of hydrogen-bond acceptors (Lipinski definition) is 5. The fraction of sp³-hybridized carbons (Fsp3) is 0.571. The molecule has 2 N–H and O–H groups in total. The minimum atomic E-state index is 0. The zero-order valence-corrected chi connectivity index (χ0v) is 20.5. The molecular formula is C21H35IN6O. The van der Waals surface area contributed by atoms with Crippen molar-refractivity contribution in [3.8, 4) is 0 Å². The Kier molecular flexibility index (Phi) is 11.8. The Bertz CT molecular complexity index is 715. The summed E-state index contributed by atoms with van der Waals surface area (Å²) in [7, 11) is 1.79. The van der Waals surface area contributed by atoms with Crippen molar-refractivity contribution in [3.05, 3.63) is 47.6 Å². The van der Waals surface area contributed by atoms with Gasteiger partial charge < -0.3 is 15.2 Å². The molecule has 2 rings (SSSR count). The quantitative estimate of drug-likeness (QED) is 0.287. The van der Waals surface area contributed by atoms with Gasteiger partial charge in [-0.2, -0.15) is 4.98 Å². The van der Waals surface area contributed by atoms with Gasteiger partial charge in [0.25, 0.3) is 0 Å². The number of aromatic nitrogens is 2. The average Bonchev–Trinajstić information content (AvgIpc) is 3.19. The zero-order valence-electron chi connectivity index (χ0n) is 18.2. The van der Waals surface area contributed by atoms with Gasteiger partial charge in [-0.15, -0.1) is 24.0 Å². The van der Waals surface area contributed by atoms with Gasteiger partial charge in [-0.05, 0) is 18.7 Å². The van der Waals surface area contributed by atoms with E-state index < -0.39 is 0 Å². The second kappa shape index (κ2) is 13.5. The highest BCUT2D eigenvalue weighted by molar-refractivity contribution is 14.0. The van der Waals surface area contributed by atoms with Crippen LogP contribution in [0.15, 0.2) is 39.8 Å². The lowest BCUT2D eigenvalue weighted by atomic mass is 10.1. The standard InChI is InChI=1S/C21H34N6O.HI/c1-6-27(7-2)18(17-11-9-8-10-12-17)15-24-21(22-5)23-14-13-19-25-20(16(3)4)26-28-19;/h8-12,16,18H,6-7,13-15H2,1-5H3,(H2,22,23,24);1H. The van der Waals surface area contributed by atoms with Crippen LogP contribution in [0, 0.1) is 0 Å². The summed E-state index contributed by atoms with van der Waals surface area (Å²) in [6.45, 7) is 12.0. The van der Waals surface area contributed by atoms with E-state index in [1.165, 1.54) is 5.56 Å². The maximum absolute atomic E-state index is 5.29. The van der Waals surface area contributed by atoms with Crippen LogP contribution in [0.5, 0.6) is 0 Å². The third-order valence-corrected chi connectivity index (χ3v) is 4.76. The first-order chi connectivity index (χ1) is 13.6. The van der Waals surface area contributed by atoms with Crippen molar-refractivity contribution in [2.24, 2.45) is 4.99 Å². The molecule has 0 saturated heterocycles. The summed E-state index contributed by atoms with van der Waals surface area (Å²) < 4.78 is 5.29. The third kappa shape index (κ3) is 7.93. The topological polar surface area (TPSA) is 78.6 Å². The number of halogens is 1. The molecule has 1 heterocycles. The van der Waals surface area contributed by atoms with Crippen LogP contribution in [-0.4, -0.2) is 54.2 Å². The summed E-state index contributed by atoms with van der Waals surface area (Å²) in [5.74, 6) is 2.45. The van der Waals surface area contributed by atoms with E-state index in [-0.39, 0.29) is 29.9 Å². The van der Waals surface area contributed by atoms with Crippen LogP contribution in [-0.2, 0) is 6.42 Å². The van der Waals surface area contributed by atoms with E-state index in [4.69, 9.17) is 4.52 Å². The van der Waals surface area contributed by atoms with Crippen LogP contribution in [0.3, 0.4) is 0 Å². The van der Waals surface area contributed by atoms with Gasteiger partial charge in [0.1, 0.15) is 0 Å². The maximum atomic E-state index is 5.29. The first-order valence-corrected chi connectivity index (χ1v) is 10.1. The van der Waals surface area contributed by atoms with Crippen LogP contribution in [0.4, 0.5) is 0 Å². The lowest BCUT2D eigenvalue weighted by Crippen LogP contribution is -2.43. The van der Waals surface area contributed by atoms with Gasteiger partial charge in [-0.25, -0.2) is 0 Å². The zero-order chi connectivity index (χ0) is 20.4. The summed E-state index contributed by atoms with van der Waals surface area (Å²) in [5.41, 5.74) is 1.31. The largest absolute Gasteiger partial charge is 0.356 e. The summed E-state index contributed by atoms with van der Waals surface area (Å²) in [6.07, 6.45) is 0.665. The van der Waals surface area contributed by atoms with E-state index in [9.17, 15) is 0 Å². The van der Waals surface area contributed by atoms with Crippen LogP contribution in [0.1, 0.15) is 56.9 Å². The van der Waals surface area contributed by atoms with E-state index in [0.29, 0.717) is 24.9 Å². The molecule has 29 heavy (non-hydrogen) atoms. The molecule has 0 bridgehead atoms. The van der Waals surface area contributed by atoms with E-state index in [1.807, 2.05) is 0 Å². The van der Waals surface area contributed by atoms with Crippen LogP contribution < -0.4 is 10.6 Å². The number of guanidine groups is 1. The second-order valence-electron chi connectivity index (χ2n) is 6.98. The Labute approximate surface area is 191 Å². The SMILES string of the molecule is CCN(CC)C(CNC(=NC)NCCc1nc(C(C)C)no1)c1ccccc1.I. The molecule has 2 aromatic rings. The van der Waals surface area contributed by atoms with Gasteiger partial charge in [0.15, 0.2) is 11.8 Å². The Balaban J connectivity index is 0.00000420. The lowest BCUT2D eigenvalue weighted by molar-refractivity contribution is 0.219. The number of hydrogen-bond donors (Lipinski definition) is 2. The van der Waals surface area contributed by atoms with Crippen molar-refractivity contribution in [2.45, 2.75) is 46.1 Å². The molecule has 8 heteroatoms. The monoisotopic (exact) mass is 514 g/mol. The molecule has 0 saturated carbocycles. The fourth-order valence-electron chi connectivity index (χ4n) is 3.10. The van der Waals surface area contributed by atoms with Gasteiger partial charge in [-0.3, -0.25) is 9.89 Å². The van der Waals surface area contributed by atoms with Crippen molar-refractivity contribution < 1.29 is 4.52 Å². The summed E-state index contributed by atoms with van der Waals surface area (Å²) in [5, 5.41) is 10.8. The van der Waals surface area contributed by atoms with Crippen molar-refractivity contribution in [1.82, 2.24) is 25.7 Å². The first kappa shape index (κ1) is 25.4. The van der Waals surface area contributed by atoms with E-state index in [0.717, 1.165) is 31.4 Å². The Morgan fingerprint density at radius 2 is 1.83 bits per heavy atom. The molecule has 7 nitrogen and oxygen atoms in total. The highest BCUT2D eigenvalue weighted by Crippen LogP contribution is 2.19. The molecule has 0 amide bonds. The van der Waals surface area contributed by atoms with E-state index in [1.54, 1.807) is 7.05 Å². The number of nitrogens with zero attached hydrogens (tertiary/aromatic N) is 4. The smallest absolute Gasteiger partial charge is 0.228 e. The molecule has 0 radical (unpaired) electrons. The Hall–Kier alpha value is -1.68. The molecule has 0 aliphatic rings. The molecule has 1 aromatic carbocycles. The molecule has 1 unspecified atom stereocenters. The Morgan fingerprint density at radius 1 is 1.14 bits per heavy atom. The number of benzene rings is 1. The molecule has 0 fully saturated rings. The van der Waals surface area contributed by atoms with E-state index >= 15 is 0 Å². The van der Waals surface area contributed by atoms with Crippen LogP contribution in [0.2, 0.25) is 0 Å². The van der Waals surface area contributed by atoms with Crippen LogP contribution in [0.25, 0.3) is 0 Å². The normalized spacial score (nSPS) is 12.7. The molecule has 1 aromatic heterocycles. The maximum Gasteiger partial charge on any atom is 0.228 e. The molecule has 0 aliphatic heterocycles. The predicted molar refractivity (Wildman–Crippen MR) is 129 cm³/mol. The minimum Gasteiger partial charge on any atom is -0.356 e. The van der Waals surface area contributed by atoms with Crippen molar-refractivity contribution in [3.63, 3.8) is 0 Å². The molecule has 0 aliphatic carbocycles. The second-order valence-corrected chi connectivity index (χ2v) is 6.98. The molecule has 0 spiro atoms. The van der Waals surface area contributed by atoms with Crippen molar-refractivity contribution in [1.29, 1.82) is 0 Å². The average molecular weight is 514 g/mol. The van der Waals surface area contributed by atoms with Crippen LogP contribution >= 0.6 is 24.0 Å². The number of aliphatic imine (C=N–C) groups is 1. The highest BCUT2D eigenvalue weighted by Gasteiger charge is 2.18. The van der Waals surface area contributed by atoms with Gasteiger partial charge in [0, 0.05) is 32.5 Å². The number of nitrogens with one attached hydrogen (secondary N) is 2. The van der Waals surface area contributed by atoms with Crippen molar-refractivity contribution in [2.75, 3.05) is 33.2 Å². The molecular weight excluding hydrogens is 479 g/mol. The first-order valence-electron chi connectivity index (χ1n) is 10.1. The van der Waals surface area contributed by atoms with E-state index in [2.05, 4.69) is 88.7 Å². The highest BCUT2D eigenvalue weighted by atomic mass is 127. The van der Waals surface area contributed by atoms with Crippen molar-refractivity contribution >= 4 is 29.9 Å². The summed E-state index contributed by atoms with van der Waals surface area (Å²) in [6, 6.07) is 10.9. The van der Waals surface area contributed by atoms with Gasteiger partial charge in [0.2, 0.25) is 5.89 Å². The molecule has 162 valence electrons. The van der Waals surface area contributed by atoms with Gasteiger partial charge in [-0.1, -0.05) is 63.2 Å². The third-order valence-electron chi connectivity index (χ3n) is 4.76. The minimum absolute atomic E-state index is 0. The number of rotatable bonds is 10. The fourth-order valence-corrected chi connectivity index (χ4v) is 3.10. The summed E-state index contributed by atoms with van der Waals surface area (Å²) >= 11 is 0.